The molecule has 0 saturated carbocycles. The molecular formula is C22H17Cl2N5O4. The average Bonchev–Trinajstić information content (AvgIpc) is 2.77. The summed E-state index contributed by atoms with van der Waals surface area (Å²) in [7, 11) is 0. The van der Waals surface area contributed by atoms with Crippen LogP contribution in [0, 0.1) is 18.3 Å². The van der Waals surface area contributed by atoms with Crippen molar-refractivity contribution in [3.05, 3.63) is 58.2 Å². The first-order chi connectivity index (χ1) is 15.8. The summed E-state index contributed by atoms with van der Waals surface area (Å²) in [6, 6.07) is 11.8. The van der Waals surface area contributed by atoms with E-state index in [1.165, 1.54) is 12.1 Å². The van der Waals surface area contributed by atoms with Crippen molar-refractivity contribution in [2.45, 2.75) is 13.8 Å². The van der Waals surface area contributed by atoms with Gasteiger partial charge in [-0.15, -0.1) is 0 Å². The molecule has 0 unspecified atom stereocenters. The van der Waals surface area contributed by atoms with Crippen LogP contribution in [0.3, 0.4) is 0 Å². The van der Waals surface area contributed by atoms with Gasteiger partial charge in [0, 0.05) is 18.1 Å². The van der Waals surface area contributed by atoms with Crippen molar-refractivity contribution in [3.63, 3.8) is 0 Å². The second-order valence-corrected chi connectivity index (χ2v) is 7.38. The number of alkyl carbamates (subject to hydrolysis) is 1. The predicted octanol–water partition coefficient (Wildman–Crippen LogP) is 5.21. The van der Waals surface area contributed by atoms with Gasteiger partial charge in [0.1, 0.15) is 11.8 Å². The molecule has 0 atom stereocenters. The van der Waals surface area contributed by atoms with Crippen LogP contribution in [0.15, 0.2) is 47.7 Å². The molecular weight excluding hydrogens is 469 g/mol. The number of fused-ring (bicyclic) bond motifs is 1. The fourth-order valence-electron chi connectivity index (χ4n) is 2.72. The van der Waals surface area contributed by atoms with Gasteiger partial charge >= 0.3 is 12.1 Å². The Morgan fingerprint density at radius 3 is 2.58 bits per heavy atom. The van der Waals surface area contributed by atoms with Crippen LogP contribution in [0.2, 0.25) is 10.0 Å². The number of nitrogens with one attached hydrogen (secondary N) is 2. The molecule has 0 aliphatic carbocycles. The fraction of sp³-hybridized carbons (Fsp3) is 0.136. The van der Waals surface area contributed by atoms with Crippen LogP contribution in [0.5, 0.6) is 11.5 Å². The average molecular weight is 486 g/mol. The molecule has 2 aromatic carbocycles. The van der Waals surface area contributed by atoms with E-state index in [2.05, 4.69) is 25.6 Å². The molecule has 168 valence electrons. The number of nitriles is 1. The van der Waals surface area contributed by atoms with Gasteiger partial charge in [0.2, 0.25) is 5.71 Å². The molecule has 0 bridgehead atoms. The van der Waals surface area contributed by atoms with Crippen molar-refractivity contribution in [1.29, 1.82) is 5.26 Å². The Balaban J connectivity index is 1.78. The monoisotopic (exact) mass is 485 g/mol. The summed E-state index contributed by atoms with van der Waals surface area (Å²) < 4.78 is 10.3. The second kappa shape index (κ2) is 10.6. The van der Waals surface area contributed by atoms with Gasteiger partial charge < -0.3 is 14.8 Å². The molecule has 1 amide bonds. The highest BCUT2D eigenvalue weighted by atomic mass is 35.5. The highest BCUT2D eigenvalue weighted by molar-refractivity contribution is 6.44. The number of aryl methyl sites for hydroxylation is 1. The van der Waals surface area contributed by atoms with Crippen molar-refractivity contribution in [3.8, 4) is 17.6 Å². The van der Waals surface area contributed by atoms with E-state index < -0.39 is 17.8 Å². The third-order valence-electron chi connectivity index (χ3n) is 4.25. The Labute approximate surface area is 198 Å². The quantitative estimate of drug-likeness (QED) is 0.212. The van der Waals surface area contributed by atoms with Crippen LogP contribution in [0.1, 0.15) is 12.5 Å². The summed E-state index contributed by atoms with van der Waals surface area (Å²) in [5.74, 6) is -0.486. The number of ether oxygens (including phenoxy) is 2. The lowest BCUT2D eigenvalue weighted by molar-refractivity contribution is -0.129. The highest BCUT2D eigenvalue weighted by Crippen LogP contribution is 2.39. The van der Waals surface area contributed by atoms with Gasteiger partial charge in [-0.25, -0.2) is 9.59 Å². The van der Waals surface area contributed by atoms with Gasteiger partial charge in [-0.3, -0.25) is 10.4 Å². The summed E-state index contributed by atoms with van der Waals surface area (Å²) in [6.45, 7) is 3.87. The van der Waals surface area contributed by atoms with Gasteiger partial charge in [-0.1, -0.05) is 23.2 Å². The molecule has 0 spiro atoms. The van der Waals surface area contributed by atoms with Crippen LogP contribution >= 0.6 is 23.2 Å². The zero-order chi connectivity index (χ0) is 24.0. The fourth-order valence-corrected chi connectivity index (χ4v) is 3.28. The summed E-state index contributed by atoms with van der Waals surface area (Å²) in [6.07, 6.45) is 0.745. The molecule has 0 aliphatic heterocycles. The summed E-state index contributed by atoms with van der Waals surface area (Å²) in [5, 5.41) is 16.3. The molecule has 11 heteroatoms. The standard InChI is InChI=1S/C22H17Cl2N5O4/c1-3-26-22(31)33-21(30)19(11-25)29-28-13-8-16(23)20(17(24)9-13)32-14-4-5-18-15(10-14)12(2)6-7-27-18/h4-10,28H,3H2,1-2H3,(H,26,31)/b29-19+. The number of pyridine rings is 1. The number of esters is 1. The van der Waals surface area contributed by atoms with E-state index in [0.29, 0.717) is 5.75 Å². The molecule has 2 N–H and O–H groups in total. The molecule has 3 aromatic rings. The Kier molecular flexibility index (Phi) is 7.66. The SMILES string of the molecule is CCNC(=O)OC(=O)/C(C#N)=N/Nc1cc(Cl)c(Oc2ccc3nccc(C)c3c2)c(Cl)c1. The van der Waals surface area contributed by atoms with E-state index in [-0.39, 0.29) is 28.0 Å². The van der Waals surface area contributed by atoms with Crippen molar-refractivity contribution >= 4 is 57.6 Å². The van der Waals surface area contributed by atoms with E-state index in [4.69, 9.17) is 33.2 Å². The minimum atomic E-state index is -1.21. The Morgan fingerprint density at radius 2 is 1.91 bits per heavy atom. The zero-order valence-electron chi connectivity index (χ0n) is 17.5. The molecule has 1 aromatic heterocycles. The number of benzene rings is 2. The Hall–Kier alpha value is -3.87. The topological polar surface area (TPSA) is 126 Å². The first-order valence-corrected chi connectivity index (χ1v) is 10.3. The predicted molar refractivity (Wildman–Crippen MR) is 125 cm³/mol. The minimum Gasteiger partial charge on any atom is -0.454 e. The summed E-state index contributed by atoms with van der Waals surface area (Å²) in [5.41, 5.74) is 3.96. The van der Waals surface area contributed by atoms with Crippen LogP contribution < -0.4 is 15.5 Å². The van der Waals surface area contributed by atoms with E-state index in [9.17, 15) is 9.59 Å². The smallest absolute Gasteiger partial charge is 0.415 e. The number of hydrogen-bond acceptors (Lipinski definition) is 8. The lowest BCUT2D eigenvalue weighted by atomic mass is 10.1. The zero-order valence-corrected chi connectivity index (χ0v) is 19.0. The maximum absolute atomic E-state index is 11.8. The third kappa shape index (κ3) is 5.88. The Bertz CT molecular complexity index is 1280. The number of halogens is 2. The maximum atomic E-state index is 11.8. The van der Waals surface area contributed by atoms with Crippen LogP contribution in [-0.4, -0.2) is 29.3 Å². The van der Waals surface area contributed by atoms with E-state index >= 15 is 0 Å². The number of anilines is 1. The normalized spacial score (nSPS) is 10.9. The van der Waals surface area contributed by atoms with Crippen molar-refractivity contribution < 1.29 is 19.1 Å². The maximum Gasteiger partial charge on any atom is 0.415 e. The summed E-state index contributed by atoms with van der Waals surface area (Å²) >= 11 is 12.7. The number of rotatable bonds is 6. The molecule has 1 heterocycles. The number of carbonyl (C=O) groups excluding carboxylic acids is 2. The number of carbonyl (C=O) groups is 2. The second-order valence-electron chi connectivity index (χ2n) is 6.57. The third-order valence-corrected chi connectivity index (χ3v) is 4.81. The van der Waals surface area contributed by atoms with Crippen molar-refractivity contribution in [2.24, 2.45) is 5.10 Å². The van der Waals surface area contributed by atoms with Gasteiger partial charge in [0.25, 0.3) is 0 Å². The first-order valence-electron chi connectivity index (χ1n) is 9.58. The molecule has 0 saturated heterocycles. The molecule has 0 aliphatic rings. The Morgan fingerprint density at radius 1 is 1.18 bits per heavy atom. The van der Waals surface area contributed by atoms with Crippen LogP contribution in [-0.2, 0) is 9.53 Å². The number of amides is 1. The molecule has 9 nitrogen and oxygen atoms in total. The highest BCUT2D eigenvalue weighted by Gasteiger charge is 2.18. The van der Waals surface area contributed by atoms with Gasteiger partial charge in [-0.2, -0.15) is 10.4 Å². The van der Waals surface area contributed by atoms with E-state index in [1.807, 2.05) is 25.1 Å². The van der Waals surface area contributed by atoms with Crippen molar-refractivity contribution in [1.82, 2.24) is 10.3 Å². The first kappa shape index (κ1) is 23.8. The number of aromatic nitrogens is 1. The molecule has 0 radical (unpaired) electrons. The number of nitrogens with zero attached hydrogens (tertiary/aromatic N) is 3. The lowest BCUT2D eigenvalue weighted by Crippen LogP contribution is -2.29. The van der Waals surface area contributed by atoms with Gasteiger partial charge in [0.15, 0.2) is 5.75 Å². The summed E-state index contributed by atoms with van der Waals surface area (Å²) in [4.78, 5) is 27.5. The lowest BCUT2D eigenvalue weighted by Gasteiger charge is -2.12. The van der Waals surface area contributed by atoms with Crippen LogP contribution in [0.4, 0.5) is 10.5 Å². The molecule has 33 heavy (non-hydrogen) atoms. The van der Waals surface area contributed by atoms with E-state index in [0.717, 1.165) is 16.5 Å². The van der Waals surface area contributed by atoms with E-state index in [1.54, 1.807) is 25.3 Å². The van der Waals surface area contributed by atoms with Crippen LogP contribution in [0.25, 0.3) is 10.9 Å². The largest absolute Gasteiger partial charge is 0.454 e. The van der Waals surface area contributed by atoms with Crippen molar-refractivity contribution in [2.75, 3.05) is 12.0 Å². The van der Waals surface area contributed by atoms with Gasteiger partial charge in [-0.05, 0) is 55.8 Å². The number of hydrazone groups is 1. The minimum absolute atomic E-state index is 0.159. The molecule has 0 fully saturated rings. The van der Waals surface area contributed by atoms with Gasteiger partial charge in [0.05, 0.1) is 21.2 Å². The molecule has 3 rings (SSSR count). The number of hydrogen-bond donors (Lipinski definition) is 2.